The molecule has 0 aliphatic carbocycles. The van der Waals surface area contributed by atoms with Gasteiger partial charge in [-0.05, 0) is 37.5 Å². The SMILES string of the molecule is O=C(CNc1ccc2ccccc2n1)N1CCCCC1. The van der Waals surface area contributed by atoms with Crippen LogP contribution in [-0.4, -0.2) is 35.4 Å². The van der Waals surface area contributed by atoms with E-state index in [1.165, 1.54) is 6.42 Å². The first-order valence-corrected chi connectivity index (χ1v) is 7.20. The minimum atomic E-state index is 0.166. The lowest BCUT2D eigenvalue weighted by atomic mass is 10.1. The van der Waals surface area contributed by atoms with Crippen molar-refractivity contribution in [2.75, 3.05) is 25.0 Å². The number of rotatable bonds is 3. The van der Waals surface area contributed by atoms with Crippen LogP contribution in [0.3, 0.4) is 0 Å². The molecule has 20 heavy (non-hydrogen) atoms. The number of piperidine rings is 1. The number of aromatic nitrogens is 1. The van der Waals surface area contributed by atoms with E-state index in [-0.39, 0.29) is 5.91 Å². The number of nitrogens with one attached hydrogen (secondary N) is 1. The van der Waals surface area contributed by atoms with E-state index in [1.54, 1.807) is 0 Å². The Kier molecular flexibility index (Phi) is 3.81. The van der Waals surface area contributed by atoms with Crippen molar-refractivity contribution < 1.29 is 4.79 Å². The third-order valence-electron chi connectivity index (χ3n) is 3.73. The second-order valence-electron chi connectivity index (χ2n) is 5.18. The summed E-state index contributed by atoms with van der Waals surface area (Å²) in [6.45, 7) is 2.11. The zero-order valence-corrected chi connectivity index (χ0v) is 11.5. The quantitative estimate of drug-likeness (QED) is 0.931. The molecular weight excluding hydrogens is 250 g/mol. The molecular formula is C16H19N3O. The number of nitrogens with zero attached hydrogens (tertiary/aromatic N) is 2. The molecule has 4 nitrogen and oxygen atoms in total. The number of carbonyl (C=O) groups is 1. The van der Waals surface area contributed by atoms with Gasteiger partial charge in [-0.15, -0.1) is 0 Å². The number of para-hydroxylation sites is 1. The van der Waals surface area contributed by atoms with Crippen LogP contribution in [-0.2, 0) is 4.79 Å². The Hall–Kier alpha value is -2.10. The highest BCUT2D eigenvalue weighted by Crippen LogP contribution is 2.14. The van der Waals surface area contributed by atoms with Crippen LogP contribution in [0.5, 0.6) is 0 Å². The maximum atomic E-state index is 12.1. The number of amides is 1. The highest BCUT2D eigenvalue weighted by molar-refractivity contribution is 5.82. The monoisotopic (exact) mass is 269 g/mol. The normalized spacial score (nSPS) is 15.3. The van der Waals surface area contributed by atoms with Crippen LogP contribution >= 0.6 is 0 Å². The van der Waals surface area contributed by atoms with Gasteiger partial charge < -0.3 is 10.2 Å². The molecule has 104 valence electrons. The standard InChI is InChI=1S/C16H19N3O/c20-16(19-10-4-1-5-11-19)12-17-15-9-8-13-6-2-3-7-14(13)18-15/h2-3,6-9H,1,4-5,10-12H2,(H,17,18). The van der Waals surface area contributed by atoms with Gasteiger partial charge in [-0.1, -0.05) is 18.2 Å². The third-order valence-corrected chi connectivity index (χ3v) is 3.73. The maximum Gasteiger partial charge on any atom is 0.241 e. The molecule has 0 spiro atoms. The van der Waals surface area contributed by atoms with E-state index in [2.05, 4.69) is 10.3 Å². The van der Waals surface area contributed by atoms with Crippen LogP contribution in [0.2, 0.25) is 0 Å². The highest BCUT2D eigenvalue weighted by Gasteiger charge is 2.15. The predicted octanol–water partition coefficient (Wildman–Crippen LogP) is 2.66. The van der Waals surface area contributed by atoms with E-state index in [1.807, 2.05) is 41.3 Å². The van der Waals surface area contributed by atoms with Gasteiger partial charge in [0.05, 0.1) is 12.1 Å². The van der Waals surface area contributed by atoms with Crippen molar-refractivity contribution in [1.82, 2.24) is 9.88 Å². The molecule has 2 heterocycles. The molecule has 0 radical (unpaired) electrons. The second kappa shape index (κ2) is 5.90. The molecule has 1 aromatic carbocycles. The van der Waals surface area contributed by atoms with Crippen molar-refractivity contribution in [2.45, 2.75) is 19.3 Å². The zero-order valence-electron chi connectivity index (χ0n) is 11.5. The van der Waals surface area contributed by atoms with Gasteiger partial charge in [-0.25, -0.2) is 4.98 Å². The van der Waals surface area contributed by atoms with E-state index in [0.29, 0.717) is 6.54 Å². The van der Waals surface area contributed by atoms with Crippen LogP contribution in [0.25, 0.3) is 10.9 Å². The minimum absolute atomic E-state index is 0.166. The lowest BCUT2D eigenvalue weighted by Gasteiger charge is -2.26. The molecule has 0 saturated carbocycles. The molecule has 1 amide bonds. The van der Waals surface area contributed by atoms with Gasteiger partial charge in [-0.2, -0.15) is 0 Å². The summed E-state index contributed by atoms with van der Waals surface area (Å²) >= 11 is 0. The van der Waals surface area contributed by atoms with E-state index < -0.39 is 0 Å². The lowest BCUT2D eigenvalue weighted by molar-refractivity contribution is -0.130. The van der Waals surface area contributed by atoms with Crippen molar-refractivity contribution in [1.29, 1.82) is 0 Å². The van der Waals surface area contributed by atoms with Gasteiger partial charge in [0.25, 0.3) is 0 Å². The molecule has 0 unspecified atom stereocenters. The summed E-state index contributed by atoms with van der Waals surface area (Å²) in [5.74, 6) is 0.925. The number of carbonyl (C=O) groups excluding carboxylic acids is 1. The minimum Gasteiger partial charge on any atom is -0.361 e. The first-order chi connectivity index (χ1) is 9.83. The average molecular weight is 269 g/mol. The molecule has 1 aromatic heterocycles. The fourth-order valence-electron chi connectivity index (χ4n) is 2.59. The molecule has 1 saturated heterocycles. The molecule has 1 N–H and O–H groups in total. The smallest absolute Gasteiger partial charge is 0.241 e. The molecule has 0 atom stereocenters. The van der Waals surface area contributed by atoms with Gasteiger partial charge in [-0.3, -0.25) is 4.79 Å². The molecule has 3 rings (SSSR count). The zero-order chi connectivity index (χ0) is 13.8. The topological polar surface area (TPSA) is 45.2 Å². The number of fused-ring (bicyclic) bond motifs is 1. The highest BCUT2D eigenvalue weighted by atomic mass is 16.2. The fourth-order valence-corrected chi connectivity index (χ4v) is 2.59. The van der Waals surface area contributed by atoms with Crippen LogP contribution < -0.4 is 5.32 Å². The summed E-state index contributed by atoms with van der Waals surface area (Å²) in [5.41, 5.74) is 0.947. The Morgan fingerprint density at radius 2 is 1.90 bits per heavy atom. The Balaban J connectivity index is 1.62. The fraction of sp³-hybridized carbons (Fsp3) is 0.375. The van der Waals surface area contributed by atoms with Crippen molar-refractivity contribution in [2.24, 2.45) is 0 Å². The van der Waals surface area contributed by atoms with E-state index >= 15 is 0 Å². The van der Waals surface area contributed by atoms with E-state index in [4.69, 9.17) is 0 Å². The van der Waals surface area contributed by atoms with Crippen molar-refractivity contribution >= 4 is 22.6 Å². The van der Waals surface area contributed by atoms with Gasteiger partial charge in [0, 0.05) is 18.5 Å². The molecule has 1 aliphatic rings. The molecule has 2 aromatic rings. The first kappa shape index (κ1) is 12.9. The number of hydrogen-bond donors (Lipinski definition) is 1. The maximum absolute atomic E-state index is 12.1. The molecule has 1 fully saturated rings. The van der Waals surface area contributed by atoms with Crippen LogP contribution in [0.4, 0.5) is 5.82 Å². The second-order valence-corrected chi connectivity index (χ2v) is 5.18. The number of anilines is 1. The summed E-state index contributed by atoms with van der Waals surface area (Å²) in [6.07, 6.45) is 3.49. The summed E-state index contributed by atoms with van der Waals surface area (Å²) in [7, 11) is 0. The molecule has 1 aliphatic heterocycles. The lowest BCUT2D eigenvalue weighted by Crippen LogP contribution is -2.39. The summed E-state index contributed by atoms with van der Waals surface area (Å²) in [5, 5.41) is 4.24. The Morgan fingerprint density at radius 1 is 1.10 bits per heavy atom. The predicted molar refractivity (Wildman–Crippen MR) is 80.7 cm³/mol. The number of hydrogen-bond acceptors (Lipinski definition) is 3. The van der Waals surface area contributed by atoms with E-state index in [0.717, 1.165) is 42.7 Å². The van der Waals surface area contributed by atoms with Crippen LogP contribution in [0.1, 0.15) is 19.3 Å². The molecule has 0 bridgehead atoms. The number of likely N-dealkylation sites (tertiary alicyclic amines) is 1. The largest absolute Gasteiger partial charge is 0.361 e. The number of benzene rings is 1. The number of pyridine rings is 1. The van der Waals surface area contributed by atoms with Gasteiger partial charge >= 0.3 is 0 Å². The molecule has 4 heteroatoms. The Bertz CT molecular complexity index is 605. The van der Waals surface area contributed by atoms with Gasteiger partial charge in [0.15, 0.2) is 0 Å². The Morgan fingerprint density at radius 3 is 2.75 bits per heavy atom. The summed E-state index contributed by atoms with van der Waals surface area (Å²) in [6, 6.07) is 11.9. The van der Waals surface area contributed by atoms with Crippen LogP contribution in [0, 0.1) is 0 Å². The first-order valence-electron chi connectivity index (χ1n) is 7.20. The van der Waals surface area contributed by atoms with Crippen molar-refractivity contribution in [3.8, 4) is 0 Å². The van der Waals surface area contributed by atoms with Gasteiger partial charge in [0.2, 0.25) is 5.91 Å². The van der Waals surface area contributed by atoms with Crippen molar-refractivity contribution in [3.63, 3.8) is 0 Å². The van der Waals surface area contributed by atoms with Gasteiger partial charge in [0.1, 0.15) is 5.82 Å². The summed E-state index contributed by atoms with van der Waals surface area (Å²) < 4.78 is 0. The van der Waals surface area contributed by atoms with E-state index in [9.17, 15) is 4.79 Å². The van der Waals surface area contributed by atoms with Crippen LogP contribution in [0.15, 0.2) is 36.4 Å². The third kappa shape index (κ3) is 2.90. The summed E-state index contributed by atoms with van der Waals surface area (Å²) in [4.78, 5) is 18.5. The Labute approximate surface area is 118 Å². The van der Waals surface area contributed by atoms with Crippen molar-refractivity contribution in [3.05, 3.63) is 36.4 Å². The average Bonchev–Trinajstić information content (AvgIpc) is 2.53.